The summed E-state index contributed by atoms with van der Waals surface area (Å²) in [5.74, 6) is -2.07. The lowest BCUT2D eigenvalue weighted by molar-refractivity contribution is -0.124. The molecule has 2 atom stereocenters. The molecule has 4 N–H and O–H groups in total. The quantitative estimate of drug-likeness (QED) is 0.226. The number of amides is 2. The Hall–Kier alpha value is -3.50. The normalized spacial score (nSPS) is 12.8. The number of anilines is 1. The first-order valence-electron chi connectivity index (χ1n) is 10.2. The first-order chi connectivity index (χ1) is 15.8. The highest BCUT2D eigenvalue weighted by molar-refractivity contribution is 5.86. The van der Waals surface area contributed by atoms with Crippen LogP contribution in [0.1, 0.15) is 31.4 Å². The minimum absolute atomic E-state index is 0.132. The largest absolute Gasteiger partial charge is 0.491 e. The number of rotatable bonds is 11. The van der Waals surface area contributed by atoms with Crippen molar-refractivity contribution in [2.24, 2.45) is 5.92 Å². The molecule has 0 aliphatic heterocycles. The summed E-state index contributed by atoms with van der Waals surface area (Å²) in [7, 11) is 0. The van der Waals surface area contributed by atoms with Crippen molar-refractivity contribution in [2.45, 2.75) is 25.9 Å². The van der Waals surface area contributed by atoms with Crippen molar-refractivity contribution < 1.29 is 38.2 Å². The minimum Gasteiger partial charge on any atom is -0.491 e. The van der Waals surface area contributed by atoms with Gasteiger partial charge in [-0.15, -0.1) is 0 Å². The van der Waals surface area contributed by atoms with E-state index < -0.39 is 29.7 Å². The Morgan fingerprint density at radius 3 is 2.52 bits per heavy atom. The van der Waals surface area contributed by atoms with E-state index in [0.29, 0.717) is 30.2 Å². The van der Waals surface area contributed by atoms with E-state index in [4.69, 9.17) is 19.8 Å². The highest BCUT2D eigenvalue weighted by Gasteiger charge is 2.24. The smallest absolute Gasteiger partial charge is 0.412 e. The number of aliphatic hydroxyl groups excluding tert-OH is 1. The number of nitrogens with one attached hydrogen (secondary N) is 2. The minimum atomic E-state index is -0.936. The van der Waals surface area contributed by atoms with Gasteiger partial charge in [-0.1, -0.05) is 25.1 Å². The first-order valence-corrected chi connectivity index (χ1v) is 10.2. The summed E-state index contributed by atoms with van der Waals surface area (Å²) in [6.07, 6.45) is 2.06. The van der Waals surface area contributed by atoms with Crippen LogP contribution in [-0.4, -0.2) is 35.5 Å². The zero-order valence-electron chi connectivity index (χ0n) is 18.0. The van der Waals surface area contributed by atoms with Crippen LogP contribution in [0, 0.1) is 17.6 Å². The molecule has 0 bridgehead atoms. The van der Waals surface area contributed by atoms with Gasteiger partial charge in [0.15, 0.2) is 0 Å². The zero-order chi connectivity index (χ0) is 24.2. The molecule has 2 amide bonds. The Morgan fingerprint density at radius 1 is 1.15 bits per heavy atom. The molecule has 0 unspecified atom stereocenters. The van der Waals surface area contributed by atoms with E-state index in [-0.39, 0.29) is 24.8 Å². The molecule has 0 heterocycles. The summed E-state index contributed by atoms with van der Waals surface area (Å²) in [5, 5.41) is 19.7. The van der Waals surface area contributed by atoms with E-state index in [2.05, 4.69) is 5.32 Å². The van der Waals surface area contributed by atoms with Gasteiger partial charge in [0.1, 0.15) is 30.1 Å². The zero-order valence-corrected chi connectivity index (χ0v) is 18.0. The van der Waals surface area contributed by atoms with Crippen molar-refractivity contribution in [1.82, 2.24) is 5.48 Å². The molecule has 0 aliphatic rings. The lowest BCUT2D eigenvalue weighted by atomic mass is 9.93. The van der Waals surface area contributed by atoms with Crippen molar-refractivity contribution in [2.75, 3.05) is 18.5 Å². The summed E-state index contributed by atoms with van der Waals surface area (Å²) in [6, 6.07) is 9.49. The van der Waals surface area contributed by atoms with Crippen LogP contribution >= 0.6 is 0 Å². The third kappa shape index (κ3) is 8.51. The number of hydrogen-bond acceptors (Lipinski definition) is 6. The van der Waals surface area contributed by atoms with Gasteiger partial charge in [0.25, 0.3) is 5.91 Å². The maximum atomic E-state index is 13.9. The Kier molecular flexibility index (Phi) is 10.3. The number of aliphatic hydroxyl groups is 1. The van der Waals surface area contributed by atoms with Crippen LogP contribution in [0.5, 0.6) is 5.75 Å². The molecule has 10 heteroatoms. The summed E-state index contributed by atoms with van der Waals surface area (Å²) < 4.78 is 37.9. The second kappa shape index (κ2) is 13.1. The maximum absolute atomic E-state index is 13.9. The second-order valence-corrected chi connectivity index (χ2v) is 7.15. The van der Waals surface area contributed by atoms with Crippen LogP contribution in [0.15, 0.2) is 54.6 Å². The van der Waals surface area contributed by atoms with E-state index in [1.165, 1.54) is 11.6 Å². The highest BCUT2D eigenvalue weighted by atomic mass is 19.1. The van der Waals surface area contributed by atoms with Gasteiger partial charge in [-0.05, 0) is 48.6 Å². The fraction of sp³-hybridized carbons (Fsp3) is 0.304. The molecule has 0 saturated carbocycles. The predicted molar refractivity (Wildman–Crippen MR) is 116 cm³/mol. The fourth-order valence-electron chi connectivity index (χ4n) is 3.01. The Labute approximate surface area is 189 Å². The Bertz CT molecular complexity index is 952. The molecule has 8 nitrogen and oxygen atoms in total. The lowest BCUT2D eigenvalue weighted by Crippen LogP contribution is -2.22. The van der Waals surface area contributed by atoms with E-state index in [1.54, 1.807) is 30.3 Å². The maximum Gasteiger partial charge on any atom is 0.412 e. The van der Waals surface area contributed by atoms with E-state index in [0.717, 1.165) is 12.1 Å². The molecule has 178 valence electrons. The number of ether oxygens (including phenoxy) is 2. The van der Waals surface area contributed by atoms with Crippen LogP contribution < -0.4 is 15.5 Å². The standard InChI is InChI=1S/C23H26F2N2O6/c1-15(4-2-3-5-21(29)27-31)22(16-6-9-18(10-7-16)32-13-12-28)33-23(30)26-20-11-8-17(24)14-19(20)25/h3,5-11,14-15,22,28,31H,2,4,12-13H2,1H3,(H,26,30)(H,27,29)/b5-3+/t15-,22-/m1/s1. The highest BCUT2D eigenvalue weighted by Crippen LogP contribution is 2.31. The van der Waals surface area contributed by atoms with Gasteiger partial charge in [0.05, 0.1) is 12.3 Å². The topological polar surface area (TPSA) is 117 Å². The molecule has 0 spiro atoms. The van der Waals surface area contributed by atoms with Gasteiger partial charge in [-0.2, -0.15) is 0 Å². The molecule has 0 fully saturated rings. The van der Waals surface area contributed by atoms with Crippen LogP contribution in [0.3, 0.4) is 0 Å². The van der Waals surface area contributed by atoms with Gasteiger partial charge in [0.2, 0.25) is 0 Å². The predicted octanol–water partition coefficient (Wildman–Crippen LogP) is 4.10. The number of carbonyl (C=O) groups excluding carboxylic acids is 2. The molecule has 2 aromatic carbocycles. The average molecular weight is 464 g/mol. The molecule has 0 aromatic heterocycles. The fourth-order valence-corrected chi connectivity index (χ4v) is 3.01. The van der Waals surface area contributed by atoms with Crippen LogP contribution in [0.4, 0.5) is 19.3 Å². The third-order valence-electron chi connectivity index (χ3n) is 4.66. The van der Waals surface area contributed by atoms with Crippen molar-refractivity contribution in [1.29, 1.82) is 0 Å². The van der Waals surface area contributed by atoms with Crippen molar-refractivity contribution >= 4 is 17.7 Å². The van der Waals surface area contributed by atoms with Gasteiger partial charge in [-0.25, -0.2) is 19.1 Å². The molecule has 0 radical (unpaired) electrons. The Morgan fingerprint density at radius 2 is 1.88 bits per heavy atom. The van der Waals surface area contributed by atoms with E-state index in [1.807, 2.05) is 6.92 Å². The second-order valence-electron chi connectivity index (χ2n) is 7.15. The Balaban J connectivity index is 2.13. The molecule has 0 aliphatic carbocycles. The van der Waals surface area contributed by atoms with Crippen molar-refractivity contribution in [3.05, 3.63) is 71.8 Å². The number of carbonyl (C=O) groups is 2. The molecular formula is C23H26F2N2O6. The van der Waals surface area contributed by atoms with E-state index >= 15 is 0 Å². The number of allylic oxidation sites excluding steroid dienone is 1. The summed E-state index contributed by atoms with van der Waals surface area (Å²) in [6.45, 7) is 1.84. The van der Waals surface area contributed by atoms with Gasteiger partial charge >= 0.3 is 6.09 Å². The van der Waals surface area contributed by atoms with Crippen LogP contribution in [0.25, 0.3) is 0 Å². The van der Waals surface area contributed by atoms with Crippen LogP contribution in [-0.2, 0) is 9.53 Å². The van der Waals surface area contributed by atoms with Crippen LogP contribution in [0.2, 0.25) is 0 Å². The monoisotopic (exact) mass is 464 g/mol. The average Bonchev–Trinajstić information content (AvgIpc) is 2.80. The van der Waals surface area contributed by atoms with Gasteiger partial charge in [-0.3, -0.25) is 15.3 Å². The lowest BCUT2D eigenvalue weighted by Gasteiger charge is -2.25. The number of hydroxylamine groups is 1. The summed E-state index contributed by atoms with van der Waals surface area (Å²) in [5.41, 5.74) is 1.91. The number of benzene rings is 2. The summed E-state index contributed by atoms with van der Waals surface area (Å²) >= 11 is 0. The van der Waals surface area contributed by atoms with E-state index in [9.17, 15) is 18.4 Å². The molecular weight excluding hydrogens is 438 g/mol. The number of hydrogen-bond donors (Lipinski definition) is 4. The molecule has 0 saturated heterocycles. The number of halogens is 2. The van der Waals surface area contributed by atoms with Gasteiger partial charge in [0, 0.05) is 12.1 Å². The third-order valence-corrected chi connectivity index (χ3v) is 4.66. The van der Waals surface area contributed by atoms with Crippen molar-refractivity contribution in [3.8, 4) is 5.75 Å². The first kappa shape index (κ1) is 25.8. The molecule has 2 rings (SSSR count). The molecule has 2 aromatic rings. The molecule has 33 heavy (non-hydrogen) atoms. The summed E-state index contributed by atoms with van der Waals surface area (Å²) in [4.78, 5) is 23.5. The van der Waals surface area contributed by atoms with Crippen molar-refractivity contribution in [3.63, 3.8) is 0 Å². The SMILES string of the molecule is C[C@H](CC/C=C/C(=O)NO)[C@@H](OC(=O)Nc1ccc(F)cc1F)c1ccc(OCCO)cc1. The van der Waals surface area contributed by atoms with Gasteiger partial charge < -0.3 is 14.6 Å².